The van der Waals surface area contributed by atoms with Crippen molar-refractivity contribution in [1.29, 1.82) is 0 Å². The van der Waals surface area contributed by atoms with E-state index in [0.29, 0.717) is 19.3 Å². The molecule has 0 aliphatic heterocycles. The third-order valence-corrected chi connectivity index (χ3v) is 10.0. The summed E-state index contributed by atoms with van der Waals surface area (Å²) in [4.78, 5) is 26.0. The predicted molar refractivity (Wildman–Crippen MR) is 254 cm³/mol. The maximum absolute atomic E-state index is 13.1. The van der Waals surface area contributed by atoms with Crippen LogP contribution >= 0.6 is 0 Å². The zero-order chi connectivity index (χ0) is 43.1. The molecule has 1 amide bonds. The number of hydrogen-bond donors (Lipinski definition) is 3. The van der Waals surface area contributed by atoms with Crippen molar-refractivity contribution < 1.29 is 24.5 Å². The molecule has 0 heterocycles. The molecule has 0 aromatic rings. The van der Waals surface area contributed by atoms with Gasteiger partial charge in [0.25, 0.3) is 0 Å². The van der Waals surface area contributed by atoms with Crippen LogP contribution in [0.15, 0.2) is 109 Å². The van der Waals surface area contributed by atoms with Crippen molar-refractivity contribution in [3.63, 3.8) is 0 Å². The zero-order valence-electron chi connectivity index (χ0n) is 37.8. The van der Waals surface area contributed by atoms with Gasteiger partial charge in [0, 0.05) is 6.42 Å². The highest BCUT2D eigenvalue weighted by Gasteiger charge is 2.24. The maximum Gasteiger partial charge on any atom is 0.306 e. The molecule has 0 aliphatic carbocycles. The second kappa shape index (κ2) is 45.6. The Bertz CT molecular complexity index is 1240. The highest BCUT2D eigenvalue weighted by molar-refractivity contribution is 5.77. The Balaban J connectivity index is 4.79. The molecule has 0 spiro atoms. The molecule has 6 nitrogen and oxygen atoms in total. The number of unbranched alkanes of at least 4 members (excludes halogenated alkanes) is 15. The van der Waals surface area contributed by atoms with Crippen LogP contribution in [0.2, 0.25) is 0 Å². The van der Waals surface area contributed by atoms with Crippen LogP contribution < -0.4 is 5.32 Å². The van der Waals surface area contributed by atoms with E-state index in [9.17, 15) is 19.8 Å². The minimum atomic E-state index is -0.815. The summed E-state index contributed by atoms with van der Waals surface area (Å²) in [6.45, 7) is 6.16. The van der Waals surface area contributed by atoms with Crippen LogP contribution in [0.4, 0.5) is 0 Å². The summed E-state index contributed by atoms with van der Waals surface area (Å²) in [6, 6.07) is -0.734. The van der Waals surface area contributed by atoms with Crippen molar-refractivity contribution in [2.45, 2.75) is 206 Å². The Labute approximate surface area is 362 Å². The third-order valence-electron chi connectivity index (χ3n) is 10.0. The molecule has 0 saturated heterocycles. The van der Waals surface area contributed by atoms with Gasteiger partial charge in [-0.25, -0.2) is 0 Å². The number of rotatable bonds is 40. The highest BCUT2D eigenvalue weighted by Crippen LogP contribution is 2.16. The maximum atomic E-state index is 13.1. The van der Waals surface area contributed by atoms with E-state index < -0.39 is 18.2 Å². The SMILES string of the molecule is CC\C=C/C=C/C=C/C=C\C=C\C=C\CCCC(CC(=O)NC(CO)C(O)CCCCCCCCCCC)OC(=O)CCCCCCCC/C=C/C/C=C/C/C=C/CC. The number of aliphatic hydroxyl groups is 2. The van der Waals surface area contributed by atoms with Gasteiger partial charge in [0.05, 0.1) is 25.2 Å². The van der Waals surface area contributed by atoms with Crippen molar-refractivity contribution in [3.05, 3.63) is 109 Å². The number of allylic oxidation sites excluding steroid dienone is 18. The van der Waals surface area contributed by atoms with Gasteiger partial charge in [0.1, 0.15) is 6.10 Å². The number of ether oxygens (including phenoxy) is 1. The van der Waals surface area contributed by atoms with E-state index in [-0.39, 0.29) is 24.9 Å². The molecule has 334 valence electrons. The summed E-state index contributed by atoms with van der Waals surface area (Å²) in [6.07, 6.45) is 61.5. The Morgan fingerprint density at radius 3 is 1.61 bits per heavy atom. The molecular formula is C53H87NO5. The van der Waals surface area contributed by atoms with Crippen LogP contribution in [0.1, 0.15) is 188 Å². The quantitative estimate of drug-likeness (QED) is 0.0248. The third kappa shape index (κ3) is 41.1. The molecule has 0 aliphatic rings. The Morgan fingerprint density at radius 1 is 0.525 bits per heavy atom. The molecule has 0 aromatic carbocycles. The van der Waals surface area contributed by atoms with Crippen LogP contribution in [0, 0.1) is 0 Å². The molecule has 0 saturated carbocycles. The number of carbonyl (C=O) groups excluding carboxylic acids is 2. The Morgan fingerprint density at radius 2 is 1.02 bits per heavy atom. The van der Waals surface area contributed by atoms with Gasteiger partial charge in [0.2, 0.25) is 5.91 Å². The predicted octanol–water partition coefficient (Wildman–Crippen LogP) is 13.9. The molecule has 0 fully saturated rings. The monoisotopic (exact) mass is 818 g/mol. The van der Waals surface area contributed by atoms with Gasteiger partial charge in [-0.3, -0.25) is 9.59 Å². The molecule has 0 bridgehead atoms. The van der Waals surface area contributed by atoms with Gasteiger partial charge in [0.15, 0.2) is 0 Å². The summed E-state index contributed by atoms with van der Waals surface area (Å²) in [5.74, 6) is -0.578. The van der Waals surface area contributed by atoms with Gasteiger partial charge in [-0.05, 0) is 70.6 Å². The first-order chi connectivity index (χ1) is 29.0. The van der Waals surface area contributed by atoms with Crippen LogP contribution in [0.3, 0.4) is 0 Å². The molecule has 3 N–H and O–H groups in total. The summed E-state index contributed by atoms with van der Waals surface area (Å²) < 4.78 is 5.87. The number of amides is 1. The molecule has 0 radical (unpaired) electrons. The molecular weight excluding hydrogens is 731 g/mol. The fraction of sp³-hybridized carbons (Fsp3) is 0.623. The second-order valence-corrected chi connectivity index (χ2v) is 15.5. The smallest absolute Gasteiger partial charge is 0.306 e. The van der Waals surface area contributed by atoms with Crippen molar-refractivity contribution in [2.75, 3.05) is 6.61 Å². The molecule has 3 atom stereocenters. The van der Waals surface area contributed by atoms with Gasteiger partial charge in [-0.1, -0.05) is 214 Å². The first-order valence-electron chi connectivity index (χ1n) is 23.7. The first-order valence-corrected chi connectivity index (χ1v) is 23.7. The molecule has 59 heavy (non-hydrogen) atoms. The van der Waals surface area contributed by atoms with Gasteiger partial charge < -0.3 is 20.3 Å². The summed E-state index contributed by atoms with van der Waals surface area (Å²) in [5, 5.41) is 23.6. The van der Waals surface area contributed by atoms with Crippen LogP contribution in [0.5, 0.6) is 0 Å². The van der Waals surface area contributed by atoms with Crippen molar-refractivity contribution in [2.24, 2.45) is 0 Å². The zero-order valence-corrected chi connectivity index (χ0v) is 37.8. The number of hydrogen-bond acceptors (Lipinski definition) is 5. The van der Waals surface area contributed by atoms with Crippen molar-refractivity contribution >= 4 is 11.9 Å². The van der Waals surface area contributed by atoms with Crippen molar-refractivity contribution in [3.8, 4) is 0 Å². The lowest BCUT2D eigenvalue weighted by atomic mass is 10.0. The highest BCUT2D eigenvalue weighted by atomic mass is 16.5. The molecule has 3 unspecified atom stereocenters. The van der Waals surface area contributed by atoms with E-state index in [1.165, 1.54) is 51.4 Å². The second-order valence-electron chi connectivity index (χ2n) is 15.5. The van der Waals surface area contributed by atoms with Crippen LogP contribution in [-0.4, -0.2) is 46.9 Å². The minimum Gasteiger partial charge on any atom is -0.462 e. The Hall–Kier alpha value is -3.48. The van der Waals surface area contributed by atoms with Crippen LogP contribution in [-0.2, 0) is 14.3 Å². The normalized spacial score (nSPS) is 14.3. The number of esters is 1. The summed E-state index contributed by atoms with van der Waals surface area (Å²) >= 11 is 0. The fourth-order valence-corrected chi connectivity index (χ4v) is 6.48. The lowest BCUT2D eigenvalue weighted by Gasteiger charge is -2.24. The van der Waals surface area contributed by atoms with Gasteiger partial charge >= 0.3 is 5.97 Å². The lowest BCUT2D eigenvalue weighted by molar-refractivity contribution is -0.151. The van der Waals surface area contributed by atoms with E-state index in [1.807, 2.05) is 60.8 Å². The van der Waals surface area contributed by atoms with E-state index in [2.05, 4.69) is 74.7 Å². The van der Waals surface area contributed by atoms with E-state index in [4.69, 9.17) is 4.74 Å². The number of carbonyl (C=O) groups is 2. The number of aliphatic hydroxyl groups excluding tert-OH is 2. The largest absolute Gasteiger partial charge is 0.462 e. The average Bonchev–Trinajstić information content (AvgIpc) is 3.23. The standard InChI is InChI=1S/C53H87NO5/c1-4-7-10-13-16-19-21-23-25-27-29-31-34-37-40-43-46-53(58)59-49(44-41-38-35-33-30-28-26-24-22-20-17-14-11-8-5-2)47-52(57)54-50(48-55)51(56)45-42-39-36-32-18-15-12-9-6-3/h7-8,10-11,14,16-17,19-20,22-26,28,30,33,35,49-51,55-56H,4-6,9,12-13,15,18,21,27,29,31-32,34,36-48H2,1-3H3,(H,54,57)/b10-7+,11-8-,17-14+,19-16+,22-20+,25-23+,26-24-,30-28+,35-33+. The van der Waals surface area contributed by atoms with Crippen molar-refractivity contribution in [1.82, 2.24) is 5.32 Å². The van der Waals surface area contributed by atoms with E-state index in [0.717, 1.165) is 89.9 Å². The fourth-order valence-electron chi connectivity index (χ4n) is 6.48. The first kappa shape index (κ1) is 55.5. The van der Waals surface area contributed by atoms with E-state index >= 15 is 0 Å². The number of nitrogens with one attached hydrogen (secondary N) is 1. The Kier molecular flexibility index (Phi) is 42.9. The molecule has 0 rings (SSSR count). The lowest BCUT2D eigenvalue weighted by Crippen LogP contribution is -2.46. The molecule has 0 aromatic heterocycles. The van der Waals surface area contributed by atoms with Gasteiger partial charge in [-0.2, -0.15) is 0 Å². The molecule has 6 heteroatoms. The topological polar surface area (TPSA) is 95.9 Å². The van der Waals surface area contributed by atoms with Gasteiger partial charge in [-0.15, -0.1) is 0 Å². The van der Waals surface area contributed by atoms with Crippen LogP contribution in [0.25, 0.3) is 0 Å². The summed E-state index contributed by atoms with van der Waals surface area (Å²) in [7, 11) is 0. The average molecular weight is 818 g/mol. The summed E-state index contributed by atoms with van der Waals surface area (Å²) in [5.41, 5.74) is 0. The van der Waals surface area contributed by atoms with E-state index in [1.54, 1.807) is 0 Å². The minimum absolute atomic E-state index is 0.0139.